The molecule has 5 nitrogen and oxygen atoms in total. The van der Waals surface area contributed by atoms with Crippen LogP contribution in [-0.4, -0.2) is 18.0 Å². The van der Waals surface area contributed by atoms with Crippen molar-refractivity contribution in [2.24, 2.45) is 5.92 Å². The third kappa shape index (κ3) is 5.31. The highest BCUT2D eigenvalue weighted by atomic mass is 19.1. The molecule has 0 saturated heterocycles. The van der Waals surface area contributed by atoms with Gasteiger partial charge in [0.15, 0.2) is 0 Å². The Hall–Kier alpha value is -2.89. The Morgan fingerprint density at radius 3 is 2.28 bits per heavy atom. The zero-order chi connectivity index (χ0) is 18.4. The number of urea groups is 1. The maximum atomic E-state index is 13.2. The molecule has 0 radical (unpaired) electrons. The lowest BCUT2D eigenvalue weighted by Gasteiger charge is -2.22. The smallest absolute Gasteiger partial charge is 0.319 e. The van der Waals surface area contributed by atoms with E-state index in [4.69, 9.17) is 0 Å². The second kappa shape index (κ2) is 8.28. The van der Waals surface area contributed by atoms with Crippen molar-refractivity contribution in [2.75, 3.05) is 10.6 Å². The predicted octanol–water partition coefficient (Wildman–Crippen LogP) is 3.92. The van der Waals surface area contributed by atoms with Gasteiger partial charge in [-0.1, -0.05) is 32.0 Å². The molecule has 2 aromatic carbocycles. The van der Waals surface area contributed by atoms with Crippen LogP contribution in [0.4, 0.5) is 20.6 Å². The van der Waals surface area contributed by atoms with Gasteiger partial charge in [-0.2, -0.15) is 0 Å². The van der Waals surface area contributed by atoms with E-state index in [0.29, 0.717) is 16.9 Å². The molecular formula is C19H22FN3O2. The van der Waals surface area contributed by atoms with Crippen LogP contribution in [0.1, 0.15) is 19.4 Å². The van der Waals surface area contributed by atoms with Crippen molar-refractivity contribution in [3.05, 3.63) is 59.9 Å². The van der Waals surface area contributed by atoms with E-state index in [1.165, 1.54) is 18.2 Å². The molecule has 0 spiro atoms. The van der Waals surface area contributed by atoms with Gasteiger partial charge in [0.1, 0.15) is 11.9 Å². The summed E-state index contributed by atoms with van der Waals surface area (Å²) >= 11 is 0. The number of nitrogens with one attached hydrogen (secondary N) is 3. The zero-order valence-electron chi connectivity index (χ0n) is 14.5. The molecule has 1 atom stereocenters. The molecule has 2 aromatic rings. The lowest BCUT2D eigenvalue weighted by atomic mass is 10.0. The summed E-state index contributed by atoms with van der Waals surface area (Å²) in [6, 6.07) is 11.9. The molecule has 0 fully saturated rings. The Morgan fingerprint density at radius 1 is 1.00 bits per heavy atom. The summed E-state index contributed by atoms with van der Waals surface area (Å²) in [7, 11) is 0. The van der Waals surface area contributed by atoms with Crippen LogP contribution in [0.5, 0.6) is 0 Å². The number of para-hydroxylation sites is 1. The second-order valence-electron chi connectivity index (χ2n) is 6.13. The van der Waals surface area contributed by atoms with Gasteiger partial charge >= 0.3 is 6.03 Å². The van der Waals surface area contributed by atoms with Crippen molar-refractivity contribution in [2.45, 2.75) is 26.8 Å². The number of hydrogen-bond donors (Lipinski definition) is 3. The maximum absolute atomic E-state index is 13.2. The number of amides is 3. The summed E-state index contributed by atoms with van der Waals surface area (Å²) in [5.74, 6) is -0.841. The van der Waals surface area contributed by atoms with Crippen molar-refractivity contribution in [3.63, 3.8) is 0 Å². The Bertz CT molecular complexity index is 748. The largest absolute Gasteiger partial charge is 0.326 e. The molecule has 0 saturated carbocycles. The number of aryl methyl sites for hydroxylation is 1. The maximum Gasteiger partial charge on any atom is 0.319 e. The van der Waals surface area contributed by atoms with E-state index in [9.17, 15) is 14.0 Å². The molecule has 0 aliphatic carbocycles. The molecule has 132 valence electrons. The topological polar surface area (TPSA) is 70.2 Å². The number of anilines is 2. The van der Waals surface area contributed by atoms with Crippen LogP contribution in [0, 0.1) is 18.7 Å². The molecule has 25 heavy (non-hydrogen) atoms. The molecule has 0 aliphatic rings. The van der Waals surface area contributed by atoms with Crippen LogP contribution in [0.2, 0.25) is 0 Å². The number of carbonyl (C=O) groups is 2. The van der Waals surface area contributed by atoms with Gasteiger partial charge in [-0.05, 0) is 48.7 Å². The van der Waals surface area contributed by atoms with Gasteiger partial charge in [0.25, 0.3) is 0 Å². The molecule has 0 bridgehead atoms. The highest BCUT2D eigenvalue weighted by Crippen LogP contribution is 2.17. The predicted molar refractivity (Wildman–Crippen MR) is 97.0 cm³/mol. The van der Waals surface area contributed by atoms with Crippen LogP contribution in [0.3, 0.4) is 0 Å². The first-order chi connectivity index (χ1) is 11.9. The minimum absolute atomic E-state index is 0.123. The molecule has 0 aliphatic heterocycles. The quantitative estimate of drug-likeness (QED) is 0.770. The van der Waals surface area contributed by atoms with Gasteiger partial charge in [-0.15, -0.1) is 0 Å². The van der Waals surface area contributed by atoms with E-state index in [1.54, 1.807) is 31.2 Å². The number of benzene rings is 2. The normalized spacial score (nSPS) is 11.7. The minimum atomic E-state index is -0.729. The zero-order valence-corrected chi connectivity index (χ0v) is 14.5. The number of carbonyl (C=O) groups excluding carboxylic acids is 2. The van der Waals surface area contributed by atoms with Crippen molar-refractivity contribution < 1.29 is 14.0 Å². The molecule has 0 heterocycles. The van der Waals surface area contributed by atoms with Crippen LogP contribution in [-0.2, 0) is 4.79 Å². The third-order valence-electron chi connectivity index (χ3n) is 3.71. The van der Waals surface area contributed by atoms with E-state index in [1.807, 2.05) is 19.9 Å². The van der Waals surface area contributed by atoms with Crippen molar-refractivity contribution >= 4 is 23.3 Å². The summed E-state index contributed by atoms with van der Waals surface area (Å²) in [5.41, 5.74) is 1.77. The van der Waals surface area contributed by atoms with E-state index in [0.717, 1.165) is 0 Å². The monoisotopic (exact) mass is 343 g/mol. The van der Waals surface area contributed by atoms with Crippen molar-refractivity contribution in [3.8, 4) is 0 Å². The lowest BCUT2D eigenvalue weighted by molar-refractivity contribution is -0.118. The Balaban J connectivity index is 2.03. The fourth-order valence-corrected chi connectivity index (χ4v) is 2.34. The van der Waals surface area contributed by atoms with Gasteiger partial charge in [-0.3, -0.25) is 4.79 Å². The fraction of sp³-hybridized carbons (Fsp3) is 0.263. The van der Waals surface area contributed by atoms with Crippen molar-refractivity contribution in [1.29, 1.82) is 0 Å². The average molecular weight is 343 g/mol. The number of rotatable bonds is 5. The van der Waals surface area contributed by atoms with Crippen molar-refractivity contribution in [1.82, 2.24) is 5.32 Å². The summed E-state index contributed by atoms with van der Waals surface area (Å²) in [6.45, 7) is 5.38. The fourth-order valence-electron chi connectivity index (χ4n) is 2.34. The molecule has 3 amide bonds. The number of halogens is 1. The molecule has 6 heteroatoms. The standard InChI is InChI=1S/C19H22FN3O2/c1-12(2)17(23-19(25)21-15-7-5-4-6-8-15)18(24)22-16-10-9-14(20)11-13(16)3/h4-12,17H,1-3H3,(H,22,24)(H2,21,23,25). The van der Waals surface area contributed by atoms with Crippen LogP contribution in [0.25, 0.3) is 0 Å². The van der Waals surface area contributed by atoms with Crippen LogP contribution < -0.4 is 16.0 Å². The summed E-state index contributed by atoms with van der Waals surface area (Å²) < 4.78 is 13.2. The third-order valence-corrected chi connectivity index (χ3v) is 3.71. The van der Waals surface area contributed by atoms with Gasteiger partial charge in [-0.25, -0.2) is 9.18 Å². The van der Waals surface area contributed by atoms with E-state index in [-0.39, 0.29) is 17.6 Å². The minimum Gasteiger partial charge on any atom is -0.326 e. The van der Waals surface area contributed by atoms with Gasteiger partial charge < -0.3 is 16.0 Å². The van der Waals surface area contributed by atoms with E-state index < -0.39 is 12.1 Å². The van der Waals surface area contributed by atoms with Gasteiger partial charge in [0, 0.05) is 11.4 Å². The summed E-state index contributed by atoms with van der Waals surface area (Å²) in [5, 5.41) is 8.10. The Kier molecular flexibility index (Phi) is 6.11. The Labute approximate surface area is 146 Å². The highest BCUT2D eigenvalue weighted by Gasteiger charge is 2.24. The first kappa shape index (κ1) is 18.4. The first-order valence-corrected chi connectivity index (χ1v) is 8.06. The first-order valence-electron chi connectivity index (χ1n) is 8.06. The van der Waals surface area contributed by atoms with Gasteiger partial charge in [0.05, 0.1) is 0 Å². The summed E-state index contributed by atoms with van der Waals surface area (Å²) in [6.07, 6.45) is 0. The van der Waals surface area contributed by atoms with Gasteiger partial charge in [0.2, 0.25) is 5.91 Å². The SMILES string of the molecule is Cc1cc(F)ccc1NC(=O)C(NC(=O)Nc1ccccc1)C(C)C. The highest BCUT2D eigenvalue weighted by molar-refractivity contribution is 5.99. The molecule has 0 aromatic heterocycles. The Morgan fingerprint density at radius 2 is 1.68 bits per heavy atom. The molecule has 2 rings (SSSR count). The van der Waals surface area contributed by atoms with E-state index in [2.05, 4.69) is 16.0 Å². The summed E-state index contributed by atoms with van der Waals surface area (Å²) in [4.78, 5) is 24.7. The number of hydrogen-bond acceptors (Lipinski definition) is 2. The van der Waals surface area contributed by atoms with Crippen LogP contribution in [0.15, 0.2) is 48.5 Å². The van der Waals surface area contributed by atoms with E-state index >= 15 is 0 Å². The van der Waals surface area contributed by atoms with Crippen LogP contribution >= 0.6 is 0 Å². The molecule has 1 unspecified atom stereocenters. The molecular weight excluding hydrogens is 321 g/mol. The second-order valence-corrected chi connectivity index (χ2v) is 6.13. The molecule has 3 N–H and O–H groups in total. The lowest BCUT2D eigenvalue weighted by Crippen LogP contribution is -2.48. The average Bonchev–Trinajstić information content (AvgIpc) is 2.55.